The number of benzene rings is 1. The Morgan fingerprint density at radius 1 is 1.31 bits per heavy atom. The van der Waals surface area contributed by atoms with E-state index in [0.29, 0.717) is 11.8 Å². The lowest BCUT2D eigenvalue weighted by molar-refractivity contribution is -0.104. The summed E-state index contributed by atoms with van der Waals surface area (Å²) in [5, 5.41) is 9.80. The first-order valence-electron chi connectivity index (χ1n) is 4.70. The van der Waals surface area contributed by atoms with Gasteiger partial charge in [-0.25, -0.2) is 4.79 Å². The third-order valence-corrected chi connectivity index (χ3v) is 2.30. The van der Waals surface area contributed by atoms with Crippen LogP contribution >= 0.6 is 0 Å². The molecule has 1 aromatic carbocycles. The number of hydrogen-bond acceptors (Lipinski definition) is 2. The van der Waals surface area contributed by atoms with Gasteiger partial charge in [-0.2, -0.15) is 0 Å². The molecular formula is C12H9NO3. The number of carboxylic acids is 1. The van der Waals surface area contributed by atoms with E-state index in [1.807, 2.05) is 18.2 Å². The summed E-state index contributed by atoms with van der Waals surface area (Å²) in [4.78, 5) is 24.1. The summed E-state index contributed by atoms with van der Waals surface area (Å²) in [5.74, 6) is -1.04. The maximum atomic E-state index is 11.0. The van der Waals surface area contributed by atoms with Crippen LogP contribution in [0.15, 0.2) is 30.3 Å². The van der Waals surface area contributed by atoms with Crippen LogP contribution in [0.25, 0.3) is 17.0 Å². The fraction of sp³-hybridized carbons (Fsp3) is 0. The number of fused-ring (bicyclic) bond motifs is 1. The molecule has 1 heterocycles. The molecule has 80 valence electrons. The van der Waals surface area contributed by atoms with Crippen LogP contribution in [0.1, 0.15) is 16.1 Å². The van der Waals surface area contributed by atoms with Crippen LogP contribution in [0.2, 0.25) is 0 Å². The number of carbonyl (C=O) groups is 2. The van der Waals surface area contributed by atoms with Crippen molar-refractivity contribution in [3.05, 3.63) is 41.6 Å². The van der Waals surface area contributed by atoms with Crippen LogP contribution in [0.3, 0.4) is 0 Å². The van der Waals surface area contributed by atoms with Crippen molar-refractivity contribution in [2.24, 2.45) is 0 Å². The molecule has 1 aromatic heterocycles. The maximum absolute atomic E-state index is 11.0. The van der Waals surface area contributed by atoms with Crippen LogP contribution < -0.4 is 0 Å². The lowest BCUT2D eigenvalue weighted by atomic mass is 10.1. The Balaban J connectivity index is 2.73. The van der Waals surface area contributed by atoms with Gasteiger partial charge in [-0.05, 0) is 18.2 Å². The minimum Gasteiger partial charge on any atom is -0.477 e. The molecule has 0 aliphatic carbocycles. The predicted molar refractivity (Wildman–Crippen MR) is 60.4 cm³/mol. The largest absolute Gasteiger partial charge is 0.477 e. The second-order valence-electron chi connectivity index (χ2n) is 3.26. The molecule has 0 aliphatic heterocycles. The Kier molecular flexibility index (Phi) is 2.55. The van der Waals surface area contributed by atoms with Crippen LogP contribution in [0.4, 0.5) is 0 Å². The van der Waals surface area contributed by atoms with Gasteiger partial charge >= 0.3 is 5.97 Å². The zero-order chi connectivity index (χ0) is 11.5. The summed E-state index contributed by atoms with van der Waals surface area (Å²) < 4.78 is 0. The van der Waals surface area contributed by atoms with E-state index in [9.17, 15) is 9.59 Å². The summed E-state index contributed by atoms with van der Waals surface area (Å²) in [6.45, 7) is 0. The van der Waals surface area contributed by atoms with E-state index in [-0.39, 0.29) is 5.69 Å². The van der Waals surface area contributed by atoms with Crippen molar-refractivity contribution in [3.63, 3.8) is 0 Å². The minimum atomic E-state index is -1.04. The van der Waals surface area contributed by atoms with Crippen LogP contribution in [-0.4, -0.2) is 22.3 Å². The molecular weight excluding hydrogens is 206 g/mol. The number of nitrogens with one attached hydrogen (secondary N) is 1. The van der Waals surface area contributed by atoms with Gasteiger partial charge < -0.3 is 10.1 Å². The highest BCUT2D eigenvalue weighted by Crippen LogP contribution is 2.23. The zero-order valence-corrected chi connectivity index (χ0v) is 8.31. The van der Waals surface area contributed by atoms with Crippen molar-refractivity contribution >= 4 is 29.2 Å². The minimum absolute atomic E-state index is 0.0966. The van der Waals surface area contributed by atoms with E-state index in [0.717, 1.165) is 10.9 Å². The number of carbonyl (C=O) groups excluding carboxylic acids is 1. The molecule has 4 nitrogen and oxygen atoms in total. The first kappa shape index (κ1) is 10.2. The Hall–Kier alpha value is -2.36. The summed E-state index contributed by atoms with van der Waals surface area (Å²) in [5.41, 5.74) is 1.36. The molecule has 16 heavy (non-hydrogen) atoms. The molecule has 2 rings (SSSR count). The first-order valence-corrected chi connectivity index (χ1v) is 4.70. The second kappa shape index (κ2) is 4.02. The van der Waals surface area contributed by atoms with E-state index in [1.165, 1.54) is 12.2 Å². The lowest BCUT2D eigenvalue weighted by Crippen LogP contribution is -1.98. The van der Waals surface area contributed by atoms with Crippen molar-refractivity contribution in [1.29, 1.82) is 0 Å². The van der Waals surface area contributed by atoms with Gasteiger partial charge in [0.1, 0.15) is 12.0 Å². The Labute approximate surface area is 91.2 Å². The monoisotopic (exact) mass is 215 g/mol. The highest BCUT2D eigenvalue weighted by Gasteiger charge is 2.13. The maximum Gasteiger partial charge on any atom is 0.352 e. The number of allylic oxidation sites excluding steroid dienone is 1. The Morgan fingerprint density at radius 3 is 2.75 bits per heavy atom. The third-order valence-electron chi connectivity index (χ3n) is 2.30. The smallest absolute Gasteiger partial charge is 0.352 e. The van der Waals surface area contributed by atoms with Crippen LogP contribution in [0.5, 0.6) is 0 Å². The molecule has 2 aromatic rings. The van der Waals surface area contributed by atoms with Gasteiger partial charge in [0.15, 0.2) is 0 Å². The second-order valence-corrected chi connectivity index (χ2v) is 3.26. The molecule has 0 bridgehead atoms. The van der Waals surface area contributed by atoms with E-state index < -0.39 is 5.97 Å². The summed E-state index contributed by atoms with van der Waals surface area (Å²) in [6, 6.07) is 7.24. The fourth-order valence-corrected chi connectivity index (χ4v) is 1.64. The number of aldehydes is 1. The van der Waals surface area contributed by atoms with Crippen molar-refractivity contribution in [2.45, 2.75) is 0 Å². The zero-order valence-electron chi connectivity index (χ0n) is 8.31. The molecule has 0 amide bonds. The first-order chi connectivity index (χ1) is 7.74. The average molecular weight is 215 g/mol. The Morgan fingerprint density at radius 2 is 2.06 bits per heavy atom. The van der Waals surface area contributed by atoms with Crippen molar-refractivity contribution in [3.8, 4) is 0 Å². The SMILES string of the molecule is O=CC=Cc1c(C(=O)O)[nH]c2ccccc12. The van der Waals surface area contributed by atoms with Gasteiger partial charge in [0.25, 0.3) is 0 Å². The molecule has 0 fully saturated rings. The van der Waals surface area contributed by atoms with Crippen LogP contribution in [0, 0.1) is 0 Å². The molecule has 0 saturated carbocycles. The fourth-order valence-electron chi connectivity index (χ4n) is 1.64. The van der Waals surface area contributed by atoms with Gasteiger partial charge in [-0.1, -0.05) is 18.2 Å². The van der Waals surface area contributed by atoms with Gasteiger partial charge in [0, 0.05) is 16.5 Å². The summed E-state index contributed by atoms with van der Waals surface area (Å²) in [7, 11) is 0. The lowest BCUT2D eigenvalue weighted by Gasteiger charge is -1.92. The number of para-hydroxylation sites is 1. The Bertz CT molecular complexity index is 581. The van der Waals surface area contributed by atoms with E-state index in [1.54, 1.807) is 6.07 Å². The van der Waals surface area contributed by atoms with Crippen LogP contribution in [-0.2, 0) is 4.79 Å². The van der Waals surface area contributed by atoms with E-state index in [2.05, 4.69) is 4.98 Å². The third kappa shape index (κ3) is 1.61. The van der Waals surface area contributed by atoms with Gasteiger partial charge in [-0.3, -0.25) is 4.79 Å². The molecule has 2 N–H and O–H groups in total. The highest BCUT2D eigenvalue weighted by atomic mass is 16.4. The predicted octanol–water partition coefficient (Wildman–Crippen LogP) is 2.08. The highest BCUT2D eigenvalue weighted by molar-refractivity contribution is 6.02. The molecule has 0 radical (unpaired) electrons. The van der Waals surface area contributed by atoms with E-state index >= 15 is 0 Å². The molecule has 0 atom stereocenters. The normalized spacial score (nSPS) is 11.0. The number of aromatic carboxylic acids is 1. The molecule has 0 aliphatic rings. The van der Waals surface area contributed by atoms with E-state index in [4.69, 9.17) is 5.11 Å². The van der Waals surface area contributed by atoms with Gasteiger partial charge in [0.2, 0.25) is 0 Å². The van der Waals surface area contributed by atoms with Crippen molar-refractivity contribution < 1.29 is 14.7 Å². The number of aromatic amines is 1. The molecule has 0 spiro atoms. The topological polar surface area (TPSA) is 70.2 Å². The van der Waals surface area contributed by atoms with Crippen molar-refractivity contribution in [2.75, 3.05) is 0 Å². The number of aromatic nitrogens is 1. The van der Waals surface area contributed by atoms with Crippen molar-refractivity contribution in [1.82, 2.24) is 4.98 Å². The molecule has 4 heteroatoms. The van der Waals surface area contributed by atoms with Gasteiger partial charge in [-0.15, -0.1) is 0 Å². The number of carboxylic acid groups (broad SMARTS) is 1. The standard InChI is InChI=1S/C12H9NO3/c14-7-3-5-9-8-4-1-2-6-10(8)13-11(9)12(15)16/h1-7,13H,(H,15,16). The quantitative estimate of drug-likeness (QED) is 0.608. The number of rotatable bonds is 3. The summed E-state index contributed by atoms with van der Waals surface area (Å²) >= 11 is 0. The number of H-pyrrole nitrogens is 1. The summed E-state index contributed by atoms with van der Waals surface area (Å²) in [6.07, 6.45) is 3.39. The number of hydrogen-bond donors (Lipinski definition) is 2. The average Bonchev–Trinajstić information content (AvgIpc) is 2.65. The molecule has 0 saturated heterocycles. The molecule has 0 unspecified atom stereocenters. The van der Waals surface area contributed by atoms with Gasteiger partial charge in [0.05, 0.1) is 0 Å².